The van der Waals surface area contributed by atoms with E-state index in [-0.39, 0.29) is 23.8 Å². The molecule has 3 unspecified atom stereocenters. The number of hydrogen-bond acceptors (Lipinski definition) is 4. The van der Waals surface area contributed by atoms with E-state index in [4.69, 9.17) is 15.7 Å². The zero-order chi connectivity index (χ0) is 13.1. The predicted molar refractivity (Wildman–Crippen MR) is 63.8 cm³/mol. The summed E-state index contributed by atoms with van der Waals surface area (Å²) in [4.78, 5) is 12.1. The lowest BCUT2D eigenvalue weighted by atomic mass is 9.94. The van der Waals surface area contributed by atoms with Gasteiger partial charge in [0, 0.05) is 6.61 Å². The van der Waals surface area contributed by atoms with Gasteiger partial charge in [0.15, 0.2) is 5.84 Å². The third kappa shape index (κ3) is 2.88. The monoisotopic (exact) mass is 243 g/mol. The molecule has 0 bridgehead atoms. The van der Waals surface area contributed by atoms with E-state index in [1.807, 2.05) is 13.8 Å². The number of amides is 1. The van der Waals surface area contributed by atoms with Crippen LogP contribution in [0.4, 0.5) is 0 Å². The summed E-state index contributed by atoms with van der Waals surface area (Å²) < 4.78 is 5.35. The maximum Gasteiger partial charge on any atom is 0.226 e. The molecule has 0 aromatic rings. The summed E-state index contributed by atoms with van der Waals surface area (Å²) in [5, 5.41) is 14.5. The molecule has 98 valence electrons. The Hall–Kier alpha value is -1.30. The molecule has 1 amide bonds. The van der Waals surface area contributed by atoms with Crippen LogP contribution < -0.4 is 11.1 Å². The Balaban J connectivity index is 2.72. The number of carbonyl (C=O) groups excluding carboxylic acids is 1. The van der Waals surface area contributed by atoms with Gasteiger partial charge in [0.2, 0.25) is 5.91 Å². The van der Waals surface area contributed by atoms with Gasteiger partial charge in [0.1, 0.15) is 0 Å². The predicted octanol–water partition coefficient (Wildman–Crippen LogP) is 0.443. The summed E-state index contributed by atoms with van der Waals surface area (Å²) in [6, 6.07) is 0. The van der Waals surface area contributed by atoms with Crippen LogP contribution >= 0.6 is 0 Å². The smallest absolute Gasteiger partial charge is 0.226 e. The van der Waals surface area contributed by atoms with Crippen molar-refractivity contribution in [2.24, 2.45) is 16.8 Å². The van der Waals surface area contributed by atoms with Gasteiger partial charge in [0.25, 0.3) is 0 Å². The average molecular weight is 243 g/mol. The Bertz CT molecular complexity index is 319. The normalized spacial score (nSPS) is 28.8. The first-order valence-corrected chi connectivity index (χ1v) is 5.86. The second-order valence-electron chi connectivity index (χ2n) is 4.63. The van der Waals surface area contributed by atoms with Crippen LogP contribution in [0, 0.1) is 5.92 Å². The third-order valence-electron chi connectivity index (χ3n) is 3.49. The molecular formula is C11H21N3O3. The molecule has 1 heterocycles. The highest BCUT2D eigenvalue weighted by molar-refractivity contribution is 5.94. The van der Waals surface area contributed by atoms with Gasteiger partial charge < -0.3 is 21.0 Å². The molecule has 0 saturated carbocycles. The first-order valence-electron chi connectivity index (χ1n) is 5.86. The zero-order valence-corrected chi connectivity index (χ0v) is 10.6. The van der Waals surface area contributed by atoms with E-state index in [0.717, 1.165) is 0 Å². The van der Waals surface area contributed by atoms with E-state index in [2.05, 4.69) is 10.5 Å². The van der Waals surface area contributed by atoms with Crippen molar-refractivity contribution in [3.05, 3.63) is 0 Å². The molecule has 6 nitrogen and oxygen atoms in total. The van der Waals surface area contributed by atoms with Gasteiger partial charge in [-0.3, -0.25) is 4.79 Å². The van der Waals surface area contributed by atoms with E-state index < -0.39 is 5.54 Å². The molecule has 1 aliphatic heterocycles. The molecule has 0 aliphatic carbocycles. The van der Waals surface area contributed by atoms with Crippen molar-refractivity contribution in [2.45, 2.75) is 45.3 Å². The fourth-order valence-corrected chi connectivity index (χ4v) is 1.88. The summed E-state index contributed by atoms with van der Waals surface area (Å²) in [6.07, 6.45) is 1.18. The minimum atomic E-state index is -0.811. The SMILES string of the molecule is CCC(C)(NC(=O)C1CCOC1C)C(N)=NO. The Morgan fingerprint density at radius 2 is 2.35 bits per heavy atom. The largest absolute Gasteiger partial charge is 0.409 e. The van der Waals surface area contributed by atoms with Crippen LogP contribution in [0.3, 0.4) is 0 Å². The van der Waals surface area contributed by atoms with Crippen LogP contribution in [-0.4, -0.2) is 35.2 Å². The summed E-state index contributed by atoms with van der Waals surface area (Å²) in [5.74, 6) is -0.252. The van der Waals surface area contributed by atoms with Crippen molar-refractivity contribution in [2.75, 3.05) is 6.61 Å². The lowest BCUT2D eigenvalue weighted by Crippen LogP contribution is -2.56. The van der Waals surface area contributed by atoms with E-state index in [1.165, 1.54) is 0 Å². The first kappa shape index (κ1) is 13.8. The number of rotatable bonds is 4. The number of hydrogen-bond donors (Lipinski definition) is 3. The van der Waals surface area contributed by atoms with Crippen LogP contribution in [0.5, 0.6) is 0 Å². The number of nitrogens with zero attached hydrogens (tertiary/aromatic N) is 1. The Labute approximate surface area is 101 Å². The second kappa shape index (κ2) is 5.35. The Kier molecular flexibility index (Phi) is 4.34. The summed E-state index contributed by atoms with van der Waals surface area (Å²) in [7, 11) is 0. The molecule has 17 heavy (non-hydrogen) atoms. The summed E-state index contributed by atoms with van der Waals surface area (Å²) in [6.45, 7) is 6.09. The fourth-order valence-electron chi connectivity index (χ4n) is 1.88. The van der Waals surface area contributed by atoms with E-state index >= 15 is 0 Å². The minimum Gasteiger partial charge on any atom is -0.409 e. The van der Waals surface area contributed by atoms with Crippen LogP contribution in [-0.2, 0) is 9.53 Å². The molecule has 1 rings (SSSR count). The molecule has 0 radical (unpaired) electrons. The van der Waals surface area contributed by atoms with Crippen molar-refractivity contribution < 1.29 is 14.7 Å². The van der Waals surface area contributed by atoms with Crippen LogP contribution in [0.2, 0.25) is 0 Å². The molecular weight excluding hydrogens is 222 g/mol. The quantitative estimate of drug-likeness (QED) is 0.289. The molecule has 6 heteroatoms. The van der Waals surface area contributed by atoms with Crippen molar-refractivity contribution in [3.8, 4) is 0 Å². The third-order valence-corrected chi connectivity index (χ3v) is 3.49. The lowest BCUT2D eigenvalue weighted by molar-refractivity contribution is -0.127. The van der Waals surface area contributed by atoms with Crippen molar-refractivity contribution >= 4 is 11.7 Å². The number of ether oxygens (including phenoxy) is 1. The number of oxime groups is 1. The highest BCUT2D eigenvalue weighted by Gasteiger charge is 2.36. The van der Waals surface area contributed by atoms with Gasteiger partial charge in [-0.25, -0.2) is 0 Å². The van der Waals surface area contributed by atoms with Gasteiger partial charge in [-0.1, -0.05) is 12.1 Å². The molecule has 4 N–H and O–H groups in total. The van der Waals surface area contributed by atoms with Gasteiger partial charge >= 0.3 is 0 Å². The fraction of sp³-hybridized carbons (Fsp3) is 0.818. The van der Waals surface area contributed by atoms with Gasteiger partial charge in [0.05, 0.1) is 17.6 Å². The topological polar surface area (TPSA) is 96.9 Å². The molecule has 0 aromatic carbocycles. The molecule has 1 fully saturated rings. The second-order valence-corrected chi connectivity index (χ2v) is 4.63. The highest BCUT2D eigenvalue weighted by Crippen LogP contribution is 2.22. The standard InChI is InChI=1S/C11H21N3O3/c1-4-11(3,10(12)14-16)13-9(15)8-5-6-17-7(8)2/h7-8,16H,4-6H2,1-3H3,(H2,12,14)(H,13,15). The van der Waals surface area contributed by atoms with Crippen LogP contribution in [0.15, 0.2) is 5.16 Å². The highest BCUT2D eigenvalue weighted by atomic mass is 16.5. The zero-order valence-electron chi connectivity index (χ0n) is 10.6. The molecule has 1 saturated heterocycles. The molecule has 0 spiro atoms. The number of amidine groups is 1. The number of carbonyl (C=O) groups is 1. The van der Waals surface area contributed by atoms with Crippen LogP contribution in [0.25, 0.3) is 0 Å². The minimum absolute atomic E-state index is 0.0138. The van der Waals surface area contributed by atoms with Crippen molar-refractivity contribution in [3.63, 3.8) is 0 Å². The van der Waals surface area contributed by atoms with Gasteiger partial charge in [-0.2, -0.15) is 0 Å². The maximum absolute atomic E-state index is 12.1. The molecule has 3 atom stereocenters. The lowest BCUT2D eigenvalue weighted by Gasteiger charge is -2.29. The van der Waals surface area contributed by atoms with Gasteiger partial charge in [-0.15, -0.1) is 0 Å². The first-order chi connectivity index (χ1) is 7.94. The Morgan fingerprint density at radius 3 is 2.76 bits per heavy atom. The number of nitrogens with one attached hydrogen (secondary N) is 1. The summed E-state index contributed by atoms with van der Waals surface area (Å²) >= 11 is 0. The summed E-state index contributed by atoms with van der Waals surface area (Å²) in [5.41, 5.74) is 4.79. The van der Waals surface area contributed by atoms with Crippen molar-refractivity contribution in [1.29, 1.82) is 0 Å². The van der Waals surface area contributed by atoms with Crippen LogP contribution in [0.1, 0.15) is 33.6 Å². The van der Waals surface area contributed by atoms with E-state index in [0.29, 0.717) is 19.4 Å². The number of nitrogens with two attached hydrogens (primary N) is 1. The van der Waals surface area contributed by atoms with E-state index in [9.17, 15) is 4.79 Å². The maximum atomic E-state index is 12.1. The molecule has 1 aliphatic rings. The Morgan fingerprint density at radius 1 is 1.71 bits per heavy atom. The van der Waals surface area contributed by atoms with E-state index in [1.54, 1.807) is 6.92 Å². The average Bonchev–Trinajstić information content (AvgIpc) is 2.74. The molecule has 0 aromatic heterocycles. The van der Waals surface area contributed by atoms with Gasteiger partial charge in [-0.05, 0) is 26.7 Å². The van der Waals surface area contributed by atoms with Crippen molar-refractivity contribution in [1.82, 2.24) is 5.32 Å².